The molecule has 0 aromatic carbocycles. The van der Waals surface area contributed by atoms with Crippen LogP contribution in [0.2, 0.25) is 19.6 Å². The van der Waals surface area contributed by atoms with Gasteiger partial charge < -0.3 is 32.8 Å². The summed E-state index contributed by atoms with van der Waals surface area (Å²) in [6, 6.07) is 0. The van der Waals surface area contributed by atoms with Crippen LogP contribution < -0.4 is 0 Å². The third-order valence-electron chi connectivity index (χ3n) is 6.34. The monoisotopic (exact) mass is 596 g/mol. The van der Waals surface area contributed by atoms with E-state index in [1.54, 1.807) is 6.08 Å². The highest BCUT2D eigenvalue weighted by Gasteiger charge is 2.55. The van der Waals surface area contributed by atoms with Crippen LogP contribution in [-0.2, 0) is 61.6 Å². The van der Waals surface area contributed by atoms with Gasteiger partial charge in [0.15, 0.2) is 36.2 Å². The van der Waals surface area contributed by atoms with E-state index in [4.69, 9.17) is 32.8 Å². The number of ketones is 2. The van der Waals surface area contributed by atoms with Crippen LogP contribution in [0.5, 0.6) is 0 Å². The van der Waals surface area contributed by atoms with Crippen LogP contribution in [0.4, 0.5) is 0 Å². The number of rotatable bonds is 9. The molecule has 1 saturated heterocycles. The van der Waals surface area contributed by atoms with Gasteiger partial charge in [-0.1, -0.05) is 0 Å². The van der Waals surface area contributed by atoms with Gasteiger partial charge in [0.05, 0.1) is 17.8 Å². The molecule has 3 rings (SSSR count). The second kappa shape index (κ2) is 13.1. The van der Waals surface area contributed by atoms with Gasteiger partial charge in [-0.2, -0.15) is 0 Å². The Morgan fingerprint density at radius 3 is 1.95 bits per heavy atom. The third-order valence-corrected chi connectivity index (χ3v) is 7.22. The van der Waals surface area contributed by atoms with Crippen LogP contribution in [0, 0.1) is 11.8 Å². The van der Waals surface area contributed by atoms with E-state index in [0.717, 1.165) is 27.7 Å². The first kappa shape index (κ1) is 32.2. The highest BCUT2D eigenvalue weighted by atomic mass is 28.4. The molecule has 13 nitrogen and oxygen atoms in total. The van der Waals surface area contributed by atoms with Crippen LogP contribution >= 0.6 is 0 Å². The van der Waals surface area contributed by atoms with Crippen LogP contribution in [-0.4, -0.2) is 87.2 Å². The summed E-state index contributed by atoms with van der Waals surface area (Å²) in [6.45, 7) is 9.94. The molecular weight excluding hydrogens is 560 g/mol. The maximum Gasteiger partial charge on any atom is 0.303 e. The maximum atomic E-state index is 13.0. The highest BCUT2D eigenvalue weighted by Crippen LogP contribution is 2.39. The first-order chi connectivity index (χ1) is 19.1. The lowest BCUT2D eigenvalue weighted by molar-refractivity contribution is -0.316. The lowest BCUT2D eigenvalue weighted by Gasteiger charge is -2.46. The average molecular weight is 597 g/mol. The van der Waals surface area contributed by atoms with Crippen molar-refractivity contribution in [2.75, 3.05) is 6.61 Å². The topological polar surface area (TPSA) is 167 Å². The third kappa shape index (κ3) is 8.56. The van der Waals surface area contributed by atoms with Gasteiger partial charge in [0, 0.05) is 40.0 Å². The molecule has 1 aliphatic heterocycles. The van der Waals surface area contributed by atoms with Gasteiger partial charge in [-0.25, -0.2) is 0 Å². The van der Waals surface area contributed by atoms with E-state index in [0.29, 0.717) is 5.76 Å². The van der Waals surface area contributed by atoms with Crippen molar-refractivity contribution in [3.05, 3.63) is 24.0 Å². The minimum Gasteiger partial charge on any atom is -0.547 e. The summed E-state index contributed by atoms with van der Waals surface area (Å²) >= 11 is 0. The number of ether oxygens (including phenoxy) is 6. The first-order valence-electron chi connectivity index (χ1n) is 13.2. The van der Waals surface area contributed by atoms with E-state index < -0.39 is 87.4 Å². The number of hydrogen-bond donors (Lipinski definition) is 0. The molecule has 41 heavy (non-hydrogen) atoms. The van der Waals surface area contributed by atoms with Gasteiger partial charge in [-0.3, -0.25) is 28.8 Å². The fraction of sp³-hybridized carbons (Fsp3) is 0.630. The Bertz CT molecular complexity index is 1140. The van der Waals surface area contributed by atoms with E-state index in [1.165, 1.54) is 12.2 Å². The Labute approximate surface area is 238 Å². The average Bonchev–Trinajstić information content (AvgIpc) is 2.82. The maximum absolute atomic E-state index is 13.0. The predicted molar refractivity (Wildman–Crippen MR) is 140 cm³/mol. The molecule has 0 spiro atoms. The van der Waals surface area contributed by atoms with Crippen molar-refractivity contribution < 1.29 is 61.6 Å². The van der Waals surface area contributed by atoms with Gasteiger partial charge in [0.2, 0.25) is 8.32 Å². The minimum atomic E-state index is -2.14. The highest BCUT2D eigenvalue weighted by molar-refractivity contribution is 6.70. The lowest BCUT2D eigenvalue weighted by atomic mass is 9.72. The molecule has 0 aromatic heterocycles. The minimum absolute atomic E-state index is 0.197. The van der Waals surface area contributed by atoms with E-state index in [1.807, 2.05) is 19.6 Å². The Morgan fingerprint density at radius 2 is 1.39 bits per heavy atom. The van der Waals surface area contributed by atoms with Crippen LogP contribution in [0.1, 0.15) is 34.1 Å². The summed E-state index contributed by atoms with van der Waals surface area (Å²) in [5.74, 6) is -4.88. The van der Waals surface area contributed by atoms with Crippen molar-refractivity contribution >= 4 is 43.8 Å². The summed E-state index contributed by atoms with van der Waals surface area (Å²) in [7, 11) is -2.14. The molecule has 0 amide bonds. The van der Waals surface area contributed by atoms with Crippen molar-refractivity contribution in [2.24, 2.45) is 11.8 Å². The number of esters is 4. The van der Waals surface area contributed by atoms with Gasteiger partial charge in [-0.15, -0.1) is 0 Å². The lowest BCUT2D eigenvalue weighted by Crippen LogP contribution is -2.63. The zero-order valence-corrected chi connectivity index (χ0v) is 25.1. The summed E-state index contributed by atoms with van der Waals surface area (Å²) < 4.78 is 39.8. The molecule has 0 bridgehead atoms. The number of allylic oxidation sites excluding steroid dienone is 3. The number of carbonyl (C=O) groups is 6. The van der Waals surface area contributed by atoms with Crippen LogP contribution in [0.15, 0.2) is 24.0 Å². The normalized spacial score (nSPS) is 31.3. The van der Waals surface area contributed by atoms with Gasteiger partial charge in [0.25, 0.3) is 0 Å². The Kier molecular flexibility index (Phi) is 10.3. The standard InChI is InChI=1S/C27H36O13Si/c1-13(28)34-12-22-24(35-14(2)29)25(36-15(3)30)26(37-16(4)31)27(39-22)38-21-11-17(40-41(5,6)7)10-18-19(32)8-9-20(33)23(18)21/h8-9,11,18,21-27H,10,12H2,1-7H3/t18-,21?,22?,23-,24?,25?,26?,27?/m0/s1. The SMILES string of the molecule is CC(=O)OCC1OC(OC2C=C(O[Si](C)(C)C)C[C@H]3C(=O)C=CC(=O)[C@@H]23)C(OC(C)=O)C(OC(C)=O)C1OC(C)=O. The van der Waals surface area contributed by atoms with Crippen molar-refractivity contribution in [1.82, 2.24) is 0 Å². The van der Waals surface area contributed by atoms with E-state index in [-0.39, 0.29) is 18.0 Å². The quantitative estimate of drug-likeness (QED) is 0.214. The van der Waals surface area contributed by atoms with Crippen LogP contribution in [0.3, 0.4) is 0 Å². The first-order valence-corrected chi connectivity index (χ1v) is 16.6. The molecule has 8 atom stereocenters. The van der Waals surface area contributed by atoms with E-state index in [2.05, 4.69) is 0 Å². The number of hydrogen-bond acceptors (Lipinski definition) is 13. The van der Waals surface area contributed by atoms with Gasteiger partial charge in [0.1, 0.15) is 12.7 Å². The molecule has 0 saturated carbocycles. The van der Waals surface area contributed by atoms with Crippen LogP contribution in [0.25, 0.3) is 0 Å². The molecule has 3 aliphatic rings. The molecule has 6 unspecified atom stereocenters. The van der Waals surface area contributed by atoms with Crippen molar-refractivity contribution in [3.63, 3.8) is 0 Å². The fourth-order valence-electron chi connectivity index (χ4n) is 5.01. The Balaban J connectivity index is 2.07. The summed E-state index contributed by atoms with van der Waals surface area (Å²) in [4.78, 5) is 73.7. The summed E-state index contributed by atoms with van der Waals surface area (Å²) in [6.07, 6.45) is -3.90. The summed E-state index contributed by atoms with van der Waals surface area (Å²) in [5.41, 5.74) is 0. The molecule has 1 fully saturated rings. The second-order valence-electron chi connectivity index (χ2n) is 11.0. The zero-order chi connectivity index (χ0) is 30.6. The Hall–Kier alpha value is -3.36. The predicted octanol–water partition coefficient (Wildman–Crippen LogP) is 1.53. The molecule has 0 N–H and O–H groups in total. The Morgan fingerprint density at radius 1 is 0.829 bits per heavy atom. The smallest absolute Gasteiger partial charge is 0.303 e. The number of fused-ring (bicyclic) bond motifs is 1. The fourth-order valence-corrected chi connectivity index (χ4v) is 5.95. The largest absolute Gasteiger partial charge is 0.547 e. The molecular formula is C27H36O13Si. The molecule has 14 heteroatoms. The molecule has 226 valence electrons. The van der Waals surface area contributed by atoms with E-state index >= 15 is 0 Å². The molecule has 0 aromatic rings. The van der Waals surface area contributed by atoms with Crippen molar-refractivity contribution in [1.29, 1.82) is 0 Å². The molecule has 1 heterocycles. The van der Waals surface area contributed by atoms with Gasteiger partial charge in [-0.05, 0) is 37.9 Å². The van der Waals surface area contributed by atoms with E-state index in [9.17, 15) is 28.8 Å². The number of carbonyl (C=O) groups excluding carboxylic acids is 6. The zero-order valence-electron chi connectivity index (χ0n) is 24.1. The van der Waals surface area contributed by atoms with Crippen molar-refractivity contribution in [3.8, 4) is 0 Å². The summed E-state index contributed by atoms with van der Waals surface area (Å²) in [5, 5.41) is 0. The van der Waals surface area contributed by atoms with Gasteiger partial charge >= 0.3 is 23.9 Å². The second-order valence-corrected chi connectivity index (χ2v) is 15.4. The molecule has 2 aliphatic carbocycles. The molecule has 0 radical (unpaired) electrons. The van der Waals surface area contributed by atoms with Crippen molar-refractivity contribution in [2.45, 2.75) is 90.6 Å².